The molecule has 4 fully saturated rings. The lowest BCUT2D eigenvalue weighted by Crippen LogP contribution is -2.59. The van der Waals surface area contributed by atoms with Crippen molar-refractivity contribution in [3.8, 4) is 29.0 Å². The largest absolute Gasteiger partial charge is 0.488 e. The number of carboxylic acid groups (broad SMARTS) is 1. The monoisotopic (exact) mass is 833 g/mol. The molecule has 15 nitrogen and oxygen atoms in total. The molecule has 0 spiro atoms. The number of anilines is 1. The van der Waals surface area contributed by atoms with Crippen LogP contribution in [0.5, 0.6) is 11.5 Å². The van der Waals surface area contributed by atoms with E-state index in [0.717, 1.165) is 19.3 Å². The van der Waals surface area contributed by atoms with Gasteiger partial charge in [-0.25, -0.2) is 19.6 Å². The minimum atomic E-state index is -1.55. The predicted molar refractivity (Wildman–Crippen MR) is 217 cm³/mol. The summed E-state index contributed by atoms with van der Waals surface area (Å²) >= 11 is 8.24. The predicted octanol–water partition coefficient (Wildman–Crippen LogP) is 6.17. The van der Waals surface area contributed by atoms with Gasteiger partial charge in [-0.2, -0.15) is 5.26 Å². The average Bonchev–Trinajstić information content (AvgIpc) is 3.83. The third-order valence-electron chi connectivity index (χ3n) is 11.3. The fourth-order valence-corrected chi connectivity index (χ4v) is 9.22. The maximum atomic E-state index is 14.7. The number of aliphatic carboxylic acids is 1. The number of nitriles is 1. The molecule has 7 rings (SSSR count). The van der Waals surface area contributed by atoms with Gasteiger partial charge in [0.05, 0.1) is 17.8 Å². The quantitative estimate of drug-likeness (QED) is 0.135. The van der Waals surface area contributed by atoms with Gasteiger partial charge in [-0.1, -0.05) is 38.4 Å². The van der Waals surface area contributed by atoms with Gasteiger partial charge in [0.2, 0.25) is 11.8 Å². The molecule has 3 saturated carbocycles. The van der Waals surface area contributed by atoms with Crippen molar-refractivity contribution in [2.45, 2.75) is 103 Å². The number of thiazole rings is 1. The molecule has 3 amide bonds. The summed E-state index contributed by atoms with van der Waals surface area (Å²) in [4.78, 5) is 65.4. The molecule has 3 aliphatic carbocycles. The van der Waals surface area contributed by atoms with E-state index in [0.29, 0.717) is 45.0 Å². The van der Waals surface area contributed by atoms with Gasteiger partial charge in [0.25, 0.3) is 0 Å². The van der Waals surface area contributed by atoms with E-state index in [1.807, 2.05) is 46.1 Å². The molecule has 2 aromatic heterocycles. The molecular weight excluding hydrogens is 786 g/mol. The molecule has 1 aromatic carbocycles. The number of benzene rings is 1. The van der Waals surface area contributed by atoms with Gasteiger partial charge in [-0.05, 0) is 68.9 Å². The minimum Gasteiger partial charge on any atom is -0.488 e. The molecule has 1 aliphatic heterocycles. The molecular formula is C41H48ClN7O8S. The number of carbonyl (C=O) groups is 4. The topological polar surface area (TPSA) is 205 Å². The smallest absolute Gasteiger partial charge is 0.408 e. The van der Waals surface area contributed by atoms with Crippen LogP contribution in [0.25, 0.3) is 22.3 Å². The summed E-state index contributed by atoms with van der Waals surface area (Å²) < 4.78 is 18.0. The second kappa shape index (κ2) is 15.9. The number of carbonyl (C=O) groups excluding carboxylic acids is 3. The SMILES string of the molecule is C=C[C@@H]1C[C@]1(NC(=O)[C@@H]1C[C@@H](Oc2cc(-c3csc(NC(C)C)n3)nc3c(Cl)c(OCC#N)ccc23)CN1C(=O)[C@@H](NC(=O)OC1C[C@@H]2C[C@@H]2C1)C(C)(C)C)C(=O)O. The maximum Gasteiger partial charge on any atom is 0.408 e. The Labute approximate surface area is 345 Å². The second-order valence-corrected chi connectivity index (χ2v) is 18.3. The molecule has 58 heavy (non-hydrogen) atoms. The van der Waals surface area contributed by atoms with Crippen LogP contribution in [0.4, 0.5) is 9.93 Å². The normalized spacial score (nSPS) is 26.3. The number of rotatable bonds is 14. The van der Waals surface area contributed by atoms with Crippen molar-refractivity contribution in [2.24, 2.45) is 23.2 Å². The molecule has 3 aromatic rings. The van der Waals surface area contributed by atoms with Gasteiger partial charge >= 0.3 is 12.1 Å². The number of nitrogens with one attached hydrogen (secondary N) is 3. The number of hydrogen-bond donors (Lipinski definition) is 4. The lowest BCUT2D eigenvalue weighted by molar-refractivity contribution is -0.146. The van der Waals surface area contributed by atoms with E-state index in [9.17, 15) is 24.3 Å². The highest BCUT2D eigenvalue weighted by Crippen LogP contribution is 2.52. The van der Waals surface area contributed by atoms with E-state index in [4.69, 9.17) is 41.0 Å². The van der Waals surface area contributed by atoms with Crippen LogP contribution in [-0.2, 0) is 19.1 Å². The standard InChI is InChI=1S/C41H48ClN7O8S/c1-7-23-17-41(23,37(52)53)48-35(50)29-15-25(18-49(29)36(51)34(40(4,5)6)47-39(54)57-24-13-21-12-22(21)14-24)56-31-16-27(28-19-58-38(46-28)44-20(2)3)45-33-26(31)8-9-30(32(33)42)55-11-10-43/h7-9,16,19-25,29,34H,1,11-15,17-18H2,2-6H3,(H,44,46)(H,47,54)(H,48,50)(H,52,53)/t21-,22+,23-,24?,25-,29+,34-,41-/m1/s1. The summed E-state index contributed by atoms with van der Waals surface area (Å²) in [6.07, 6.45) is 2.72. The highest BCUT2D eigenvalue weighted by atomic mass is 35.5. The van der Waals surface area contributed by atoms with Crippen LogP contribution < -0.4 is 25.4 Å². The van der Waals surface area contributed by atoms with E-state index in [-0.39, 0.29) is 48.9 Å². The first-order valence-corrected chi connectivity index (χ1v) is 20.7. The van der Waals surface area contributed by atoms with Crippen molar-refractivity contribution >= 4 is 62.8 Å². The summed E-state index contributed by atoms with van der Waals surface area (Å²) in [5, 5.41) is 31.2. The Balaban J connectivity index is 1.21. The Kier molecular flexibility index (Phi) is 11.2. The van der Waals surface area contributed by atoms with E-state index < -0.39 is 58.9 Å². The van der Waals surface area contributed by atoms with Crippen LogP contribution in [-0.4, -0.2) is 92.9 Å². The van der Waals surface area contributed by atoms with Crippen LogP contribution >= 0.6 is 22.9 Å². The van der Waals surface area contributed by atoms with Gasteiger partial charge in [0.15, 0.2) is 11.7 Å². The van der Waals surface area contributed by atoms with Gasteiger partial charge in [-0.3, -0.25) is 9.59 Å². The first-order valence-electron chi connectivity index (χ1n) is 19.5. The number of likely N-dealkylation sites (tertiary alicyclic amines) is 1. The minimum absolute atomic E-state index is 0.00636. The number of fused-ring (bicyclic) bond motifs is 2. The maximum absolute atomic E-state index is 14.7. The molecule has 8 atom stereocenters. The van der Waals surface area contributed by atoms with Crippen LogP contribution in [0.15, 0.2) is 36.2 Å². The molecule has 308 valence electrons. The number of nitrogens with zero attached hydrogens (tertiary/aromatic N) is 4. The van der Waals surface area contributed by atoms with E-state index in [1.165, 1.54) is 22.3 Å². The van der Waals surface area contributed by atoms with Crippen LogP contribution in [0.3, 0.4) is 0 Å². The highest BCUT2D eigenvalue weighted by molar-refractivity contribution is 7.14. The number of halogens is 1. The Morgan fingerprint density at radius 1 is 1.12 bits per heavy atom. The first kappa shape index (κ1) is 41.0. The van der Waals surface area contributed by atoms with Crippen molar-refractivity contribution in [1.29, 1.82) is 5.26 Å². The summed E-state index contributed by atoms with van der Waals surface area (Å²) in [5.41, 5.74) is -1.07. The zero-order valence-corrected chi connectivity index (χ0v) is 34.6. The number of pyridine rings is 1. The molecule has 4 N–H and O–H groups in total. The zero-order chi connectivity index (χ0) is 41.7. The molecule has 3 heterocycles. The number of alkyl carbamates (subject to hydrolysis) is 1. The Bertz CT molecular complexity index is 2170. The summed E-state index contributed by atoms with van der Waals surface area (Å²) in [7, 11) is 0. The molecule has 0 bridgehead atoms. The van der Waals surface area contributed by atoms with Crippen molar-refractivity contribution in [2.75, 3.05) is 18.5 Å². The lowest BCUT2D eigenvalue weighted by Gasteiger charge is -2.35. The molecule has 1 saturated heterocycles. The van der Waals surface area contributed by atoms with Crippen molar-refractivity contribution < 1.29 is 38.5 Å². The molecule has 17 heteroatoms. The third kappa shape index (κ3) is 8.38. The summed E-state index contributed by atoms with van der Waals surface area (Å²) in [6, 6.07) is 4.84. The number of ether oxygens (including phenoxy) is 3. The highest BCUT2D eigenvalue weighted by Gasteiger charge is 2.61. The van der Waals surface area contributed by atoms with Crippen LogP contribution in [0.1, 0.15) is 66.7 Å². The summed E-state index contributed by atoms with van der Waals surface area (Å²) in [5.74, 6) is -1.14. The van der Waals surface area contributed by atoms with Crippen molar-refractivity contribution in [3.05, 3.63) is 41.3 Å². The first-order chi connectivity index (χ1) is 27.5. The average molecular weight is 834 g/mol. The van der Waals surface area contributed by atoms with Crippen LogP contribution in [0, 0.1) is 34.5 Å². The van der Waals surface area contributed by atoms with E-state index >= 15 is 0 Å². The lowest BCUT2D eigenvalue weighted by atomic mass is 9.85. The number of amides is 3. The van der Waals surface area contributed by atoms with E-state index in [2.05, 4.69) is 22.5 Å². The Hall–Kier alpha value is -5.14. The number of carboxylic acids is 1. The zero-order valence-electron chi connectivity index (χ0n) is 33.0. The van der Waals surface area contributed by atoms with E-state index in [1.54, 1.807) is 18.2 Å². The van der Waals surface area contributed by atoms with Gasteiger partial charge in [0.1, 0.15) is 58.1 Å². The second-order valence-electron chi connectivity index (χ2n) is 17.1. The molecule has 1 unspecified atom stereocenters. The summed E-state index contributed by atoms with van der Waals surface area (Å²) in [6.45, 7) is 12.8. The fourth-order valence-electron chi connectivity index (χ4n) is 8.11. The van der Waals surface area contributed by atoms with Gasteiger partial charge in [-0.15, -0.1) is 17.9 Å². The Morgan fingerprint density at radius 3 is 2.50 bits per heavy atom. The number of hydrogen-bond acceptors (Lipinski definition) is 12. The van der Waals surface area contributed by atoms with Crippen molar-refractivity contribution in [3.63, 3.8) is 0 Å². The van der Waals surface area contributed by atoms with Gasteiger partial charge in [0, 0.05) is 35.2 Å². The Morgan fingerprint density at radius 2 is 1.86 bits per heavy atom. The fraction of sp³-hybridized carbons (Fsp3) is 0.537. The van der Waals surface area contributed by atoms with Crippen LogP contribution in [0.2, 0.25) is 5.02 Å². The molecule has 0 radical (unpaired) electrons. The van der Waals surface area contributed by atoms with Crippen molar-refractivity contribution in [1.82, 2.24) is 25.5 Å². The third-order valence-corrected chi connectivity index (χ3v) is 12.5. The van der Waals surface area contributed by atoms with Gasteiger partial charge < -0.3 is 40.2 Å². The molecule has 4 aliphatic rings. The number of aromatic nitrogens is 2.